The topological polar surface area (TPSA) is 66.4 Å². The second-order valence-corrected chi connectivity index (χ2v) is 6.31. The monoisotopic (exact) mass is 275 g/mol. The van der Waals surface area contributed by atoms with E-state index in [1.165, 1.54) is 0 Å². The number of hydrogen-bond donors (Lipinski definition) is 2. The molecule has 1 aromatic rings. The number of rotatable bonds is 3. The van der Waals surface area contributed by atoms with E-state index < -0.39 is 16.8 Å². The van der Waals surface area contributed by atoms with Gasteiger partial charge in [0.25, 0.3) is 0 Å². The molecule has 1 aromatic carbocycles. The van der Waals surface area contributed by atoms with Crippen LogP contribution in [0.2, 0.25) is 0 Å². The second kappa shape index (κ2) is 4.93. The third kappa shape index (κ3) is 2.19. The number of benzene rings is 1. The van der Waals surface area contributed by atoms with Crippen LogP contribution in [0.3, 0.4) is 0 Å². The molecule has 108 valence electrons. The summed E-state index contributed by atoms with van der Waals surface area (Å²) in [7, 11) is 0. The summed E-state index contributed by atoms with van der Waals surface area (Å²) in [5.74, 6) is -1.20. The van der Waals surface area contributed by atoms with Crippen molar-refractivity contribution in [1.29, 1.82) is 0 Å². The van der Waals surface area contributed by atoms with Gasteiger partial charge in [-0.25, -0.2) is 0 Å². The summed E-state index contributed by atoms with van der Waals surface area (Å²) in [6.45, 7) is 5.50. The smallest absolute Gasteiger partial charge is 0.309 e. The minimum atomic E-state index is -0.855. The van der Waals surface area contributed by atoms with E-state index in [4.69, 9.17) is 0 Å². The van der Waals surface area contributed by atoms with Gasteiger partial charge in [0.1, 0.15) is 0 Å². The van der Waals surface area contributed by atoms with E-state index in [1.807, 2.05) is 44.2 Å². The van der Waals surface area contributed by atoms with Gasteiger partial charge >= 0.3 is 5.97 Å². The summed E-state index contributed by atoms with van der Waals surface area (Å²) < 4.78 is 0. The highest BCUT2D eigenvalue weighted by Crippen LogP contribution is 2.56. The number of nitrogens with one attached hydrogen (secondary N) is 1. The Labute approximate surface area is 119 Å². The van der Waals surface area contributed by atoms with Crippen LogP contribution in [0.5, 0.6) is 0 Å². The molecular formula is C16H21NO3. The first-order chi connectivity index (χ1) is 9.29. The average Bonchev–Trinajstić information content (AvgIpc) is 2.63. The van der Waals surface area contributed by atoms with E-state index in [9.17, 15) is 14.7 Å². The molecule has 0 saturated heterocycles. The number of aliphatic carboxylic acids is 1. The fourth-order valence-corrected chi connectivity index (χ4v) is 3.09. The number of carbonyl (C=O) groups is 2. The van der Waals surface area contributed by atoms with Gasteiger partial charge in [-0.05, 0) is 37.3 Å². The summed E-state index contributed by atoms with van der Waals surface area (Å²) in [6.07, 6.45) is 1.14. The normalized spacial score (nSPS) is 28.1. The van der Waals surface area contributed by atoms with Crippen LogP contribution in [-0.4, -0.2) is 17.0 Å². The van der Waals surface area contributed by atoms with Gasteiger partial charge in [0.05, 0.1) is 5.41 Å². The summed E-state index contributed by atoms with van der Waals surface area (Å²) in [4.78, 5) is 24.0. The maximum absolute atomic E-state index is 12.4. The maximum Gasteiger partial charge on any atom is 0.309 e. The van der Waals surface area contributed by atoms with Crippen molar-refractivity contribution in [3.8, 4) is 0 Å². The van der Waals surface area contributed by atoms with E-state index in [0.717, 1.165) is 5.69 Å². The Bertz CT molecular complexity index is 524. The standard InChI is InChI=1S/C16H21NO3/c1-15(2)12(9-10-16(15,3)14(19)20)13(18)17-11-7-5-4-6-8-11/h4-8,12H,9-10H2,1-3H3,(H,17,18)(H,19,20)/t12-,16-/m0/s1. The lowest BCUT2D eigenvalue weighted by Crippen LogP contribution is -2.43. The van der Waals surface area contributed by atoms with Crippen LogP contribution in [0.15, 0.2) is 30.3 Å². The molecule has 20 heavy (non-hydrogen) atoms. The Morgan fingerprint density at radius 1 is 1.20 bits per heavy atom. The van der Waals surface area contributed by atoms with Gasteiger partial charge in [-0.2, -0.15) is 0 Å². The van der Waals surface area contributed by atoms with Crippen LogP contribution in [0.4, 0.5) is 5.69 Å². The highest BCUT2D eigenvalue weighted by molar-refractivity contribution is 5.94. The lowest BCUT2D eigenvalue weighted by Gasteiger charge is -2.37. The molecule has 0 spiro atoms. The fourth-order valence-electron chi connectivity index (χ4n) is 3.09. The third-order valence-corrected chi connectivity index (χ3v) is 5.06. The van der Waals surface area contributed by atoms with Gasteiger partial charge in [0, 0.05) is 11.6 Å². The van der Waals surface area contributed by atoms with Crippen LogP contribution in [-0.2, 0) is 9.59 Å². The molecule has 0 heterocycles. The van der Waals surface area contributed by atoms with Gasteiger partial charge < -0.3 is 10.4 Å². The molecule has 4 heteroatoms. The van der Waals surface area contributed by atoms with Crippen LogP contribution in [0.25, 0.3) is 0 Å². The van der Waals surface area contributed by atoms with Crippen molar-refractivity contribution in [2.24, 2.45) is 16.7 Å². The Morgan fingerprint density at radius 3 is 2.30 bits per heavy atom. The summed E-state index contributed by atoms with van der Waals surface area (Å²) in [5, 5.41) is 12.4. The first-order valence-electron chi connectivity index (χ1n) is 6.88. The van der Waals surface area contributed by atoms with Crippen LogP contribution >= 0.6 is 0 Å². The molecule has 0 radical (unpaired) electrons. The predicted octanol–water partition coefficient (Wildman–Crippen LogP) is 3.15. The van der Waals surface area contributed by atoms with Crippen molar-refractivity contribution >= 4 is 17.6 Å². The Balaban J connectivity index is 2.18. The van der Waals surface area contributed by atoms with E-state index in [2.05, 4.69) is 5.32 Å². The first kappa shape index (κ1) is 14.6. The molecule has 2 atom stereocenters. The number of carboxylic acids is 1. The summed E-state index contributed by atoms with van der Waals surface area (Å²) >= 11 is 0. The zero-order valence-electron chi connectivity index (χ0n) is 12.1. The van der Waals surface area contributed by atoms with Gasteiger partial charge in [-0.1, -0.05) is 32.0 Å². The minimum Gasteiger partial charge on any atom is -0.481 e. The molecule has 1 saturated carbocycles. The van der Waals surface area contributed by atoms with Crippen molar-refractivity contribution in [3.63, 3.8) is 0 Å². The van der Waals surface area contributed by atoms with Crippen molar-refractivity contribution in [1.82, 2.24) is 0 Å². The van der Waals surface area contributed by atoms with Crippen molar-refractivity contribution in [3.05, 3.63) is 30.3 Å². The molecule has 1 aliphatic carbocycles. The van der Waals surface area contributed by atoms with Crippen LogP contribution in [0.1, 0.15) is 33.6 Å². The molecular weight excluding hydrogens is 254 g/mol. The molecule has 1 fully saturated rings. The van der Waals surface area contributed by atoms with Gasteiger partial charge in [-0.15, -0.1) is 0 Å². The predicted molar refractivity (Wildman–Crippen MR) is 77.3 cm³/mol. The van der Waals surface area contributed by atoms with Gasteiger partial charge in [-0.3, -0.25) is 9.59 Å². The van der Waals surface area contributed by atoms with Crippen molar-refractivity contribution in [2.45, 2.75) is 33.6 Å². The number of anilines is 1. The molecule has 0 unspecified atom stereocenters. The quantitative estimate of drug-likeness (QED) is 0.890. The molecule has 0 aromatic heterocycles. The molecule has 0 aliphatic heterocycles. The molecule has 2 rings (SSSR count). The SMILES string of the molecule is CC1(C)[C@H](C(=O)Nc2ccccc2)CC[C@@]1(C)C(=O)O. The summed E-state index contributed by atoms with van der Waals surface area (Å²) in [6, 6.07) is 9.26. The van der Waals surface area contributed by atoms with Gasteiger partial charge in [0.15, 0.2) is 0 Å². The molecule has 4 nitrogen and oxygen atoms in total. The largest absolute Gasteiger partial charge is 0.481 e. The Kier molecular flexibility index (Phi) is 3.59. The number of amides is 1. The molecule has 1 aliphatic rings. The zero-order chi connectivity index (χ0) is 15.0. The lowest BCUT2D eigenvalue weighted by atomic mass is 9.65. The average molecular weight is 275 g/mol. The highest BCUT2D eigenvalue weighted by Gasteiger charge is 2.58. The molecule has 0 bridgehead atoms. The molecule has 1 amide bonds. The minimum absolute atomic E-state index is 0.0915. The number of hydrogen-bond acceptors (Lipinski definition) is 2. The van der Waals surface area contributed by atoms with E-state index in [0.29, 0.717) is 12.8 Å². The van der Waals surface area contributed by atoms with E-state index in [1.54, 1.807) is 6.92 Å². The molecule has 2 N–H and O–H groups in total. The van der Waals surface area contributed by atoms with Crippen LogP contribution < -0.4 is 5.32 Å². The highest BCUT2D eigenvalue weighted by atomic mass is 16.4. The third-order valence-electron chi connectivity index (χ3n) is 5.06. The number of para-hydroxylation sites is 1. The second-order valence-electron chi connectivity index (χ2n) is 6.31. The van der Waals surface area contributed by atoms with Gasteiger partial charge in [0.2, 0.25) is 5.91 Å². The first-order valence-corrected chi connectivity index (χ1v) is 6.88. The van der Waals surface area contributed by atoms with Crippen LogP contribution in [0, 0.1) is 16.7 Å². The number of carbonyl (C=O) groups excluding carboxylic acids is 1. The van der Waals surface area contributed by atoms with Crippen molar-refractivity contribution in [2.75, 3.05) is 5.32 Å². The fraction of sp³-hybridized carbons (Fsp3) is 0.500. The maximum atomic E-state index is 12.4. The van der Waals surface area contributed by atoms with E-state index >= 15 is 0 Å². The zero-order valence-corrected chi connectivity index (χ0v) is 12.1. The van der Waals surface area contributed by atoms with E-state index in [-0.39, 0.29) is 11.8 Å². The van der Waals surface area contributed by atoms with Crippen molar-refractivity contribution < 1.29 is 14.7 Å². The lowest BCUT2D eigenvalue weighted by molar-refractivity contribution is -0.154. The summed E-state index contributed by atoms with van der Waals surface area (Å²) in [5.41, 5.74) is -0.680. The Hall–Kier alpha value is -1.84. The number of carboxylic acid groups (broad SMARTS) is 1. The Morgan fingerprint density at radius 2 is 1.80 bits per heavy atom.